The molecule has 0 bridgehead atoms. The number of aromatic nitrogens is 1. The van der Waals surface area contributed by atoms with Crippen LogP contribution >= 0.6 is 24.0 Å². The summed E-state index contributed by atoms with van der Waals surface area (Å²) in [5.74, 6) is 0.150. The first-order chi connectivity index (χ1) is 13.2. The quantitative estimate of drug-likeness (QED) is 0.348. The van der Waals surface area contributed by atoms with Crippen molar-refractivity contribution < 1.29 is 9.13 Å². The van der Waals surface area contributed by atoms with Crippen LogP contribution < -0.4 is 11.1 Å². The second kappa shape index (κ2) is 11.9. The van der Waals surface area contributed by atoms with E-state index < -0.39 is 0 Å². The highest BCUT2D eigenvalue weighted by atomic mass is 127. The van der Waals surface area contributed by atoms with E-state index in [4.69, 9.17) is 10.5 Å². The molecule has 1 aromatic heterocycles. The van der Waals surface area contributed by atoms with Gasteiger partial charge in [0.25, 0.3) is 0 Å². The summed E-state index contributed by atoms with van der Waals surface area (Å²) in [6.07, 6.45) is 2.55. The summed E-state index contributed by atoms with van der Waals surface area (Å²) < 4.78 is 19.1. The number of pyridine rings is 1. The third kappa shape index (κ3) is 6.99. The van der Waals surface area contributed by atoms with Crippen LogP contribution in [0.25, 0.3) is 0 Å². The second-order valence-electron chi connectivity index (χ2n) is 6.44. The van der Waals surface area contributed by atoms with Crippen molar-refractivity contribution in [2.75, 3.05) is 39.4 Å². The molecule has 8 heteroatoms. The number of nitrogens with zero attached hydrogens (tertiary/aromatic N) is 3. The number of nitrogens with two attached hydrogens (primary N) is 1. The Morgan fingerprint density at radius 2 is 2.07 bits per heavy atom. The average molecular weight is 499 g/mol. The topological polar surface area (TPSA) is 75.8 Å². The van der Waals surface area contributed by atoms with Gasteiger partial charge in [-0.25, -0.2) is 4.39 Å². The van der Waals surface area contributed by atoms with Gasteiger partial charge in [-0.15, -0.1) is 24.0 Å². The largest absolute Gasteiger partial charge is 0.379 e. The molecule has 0 amide bonds. The normalized spacial score (nSPS) is 16.2. The van der Waals surface area contributed by atoms with E-state index >= 15 is 0 Å². The van der Waals surface area contributed by atoms with Gasteiger partial charge in [0, 0.05) is 37.9 Å². The number of nitrogens with one attached hydrogen (secondary N) is 1. The van der Waals surface area contributed by atoms with Crippen molar-refractivity contribution in [2.24, 2.45) is 10.7 Å². The Balaban J connectivity index is 0.00000280. The van der Waals surface area contributed by atoms with Crippen LogP contribution in [-0.4, -0.2) is 55.2 Å². The van der Waals surface area contributed by atoms with Crippen LogP contribution in [-0.2, 0) is 11.2 Å². The van der Waals surface area contributed by atoms with Crippen molar-refractivity contribution in [3.63, 3.8) is 0 Å². The molecular formula is C20H27FIN5O. The van der Waals surface area contributed by atoms with Gasteiger partial charge >= 0.3 is 0 Å². The number of morpholine rings is 1. The molecule has 1 atom stereocenters. The fourth-order valence-electron chi connectivity index (χ4n) is 3.14. The molecule has 152 valence electrons. The zero-order valence-corrected chi connectivity index (χ0v) is 18.1. The number of rotatable bonds is 7. The van der Waals surface area contributed by atoms with Crippen LogP contribution in [0.5, 0.6) is 0 Å². The Kier molecular flexibility index (Phi) is 9.59. The highest BCUT2D eigenvalue weighted by Gasteiger charge is 2.22. The van der Waals surface area contributed by atoms with E-state index in [1.165, 1.54) is 6.07 Å². The monoisotopic (exact) mass is 499 g/mol. The minimum absolute atomic E-state index is 0. The lowest BCUT2D eigenvalue weighted by Gasteiger charge is -2.34. The van der Waals surface area contributed by atoms with Gasteiger partial charge in [-0.2, -0.15) is 0 Å². The lowest BCUT2D eigenvalue weighted by Crippen LogP contribution is -2.41. The van der Waals surface area contributed by atoms with E-state index in [-0.39, 0.29) is 35.8 Å². The summed E-state index contributed by atoms with van der Waals surface area (Å²) >= 11 is 0. The number of halogens is 2. The average Bonchev–Trinajstić information content (AvgIpc) is 2.70. The molecule has 28 heavy (non-hydrogen) atoms. The van der Waals surface area contributed by atoms with Crippen molar-refractivity contribution in [3.05, 3.63) is 65.7 Å². The first-order valence-electron chi connectivity index (χ1n) is 9.23. The molecule has 1 fully saturated rings. The number of aliphatic imine (C=N–C) groups is 1. The second-order valence-corrected chi connectivity index (χ2v) is 6.44. The highest BCUT2D eigenvalue weighted by molar-refractivity contribution is 14.0. The van der Waals surface area contributed by atoms with Gasteiger partial charge in [-0.3, -0.25) is 14.9 Å². The summed E-state index contributed by atoms with van der Waals surface area (Å²) in [6, 6.07) is 12.5. The van der Waals surface area contributed by atoms with Crippen molar-refractivity contribution >= 4 is 29.9 Å². The van der Waals surface area contributed by atoms with Crippen LogP contribution in [0.3, 0.4) is 0 Å². The molecule has 1 saturated heterocycles. The molecule has 3 rings (SSSR count). The zero-order valence-electron chi connectivity index (χ0n) is 15.8. The molecule has 2 aromatic rings. The van der Waals surface area contributed by atoms with Gasteiger partial charge in [-0.1, -0.05) is 18.2 Å². The fourth-order valence-corrected chi connectivity index (χ4v) is 3.14. The van der Waals surface area contributed by atoms with Crippen LogP contribution in [0.15, 0.2) is 53.7 Å². The summed E-state index contributed by atoms with van der Waals surface area (Å²) in [4.78, 5) is 11.0. The van der Waals surface area contributed by atoms with Gasteiger partial charge < -0.3 is 15.8 Å². The number of hydrogen-bond donors (Lipinski definition) is 2. The standard InChI is InChI=1S/C20H26FN5O.HI/c21-17-5-3-4-16(14-17)19(26-10-12-27-13-11-26)15-25-20(22)24-9-7-18-6-1-2-8-23-18;/h1-6,8,14,19H,7,9-13,15H2,(H3,22,24,25);1H. The first kappa shape index (κ1) is 22.5. The van der Waals surface area contributed by atoms with Crippen molar-refractivity contribution in [2.45, 2.75) is 12.5 Å². The molecule has 0 radical (unpaired) electrons. The molecule has 2 heterocycles. The van der Waals surface area contributed by atoms with Gasteiger partial charge in [0.15, 0.2) is 5.96 Å². The van der Waals surface area contributed by atoms with Gasteiger partial charge in [0.2, 0.25) is 0 Å². The maximum Gasteiger partial charge on any atom is 0.188 e. The summed E-state index contributed by atoms with van der Waals surface area (Å²) in [6.45, 7) is 4.06. The molecule has 3 N–H and O–H groups in total. The highest BCUT2D eigenvalue weighted by Crippen LogP contribution is 2.23. The predicted molar refractivity (Wildman–Crippen MR) is 119 cm³/mol. The zero-order chi connectivity index (χ0) is 18.9. The Bertz CT molecular complexity index is 740. The van der Waals surface area contributed by atoms with Crippen LogP contribution in [0.2, 0.25) is 0 Å². The molecule has 0 aliphatic carbocycles. The van der Waals surface area contributed by atoms with E-state index in [1.807, 2.05) is 24.3 Å². The number of hydrogen-bond acceptors (Lipinski definition) is 4. The molecule has 1 aliphatic rings. The lowest BCUT2D eigenvalue weighted by molar-refractivity contribution is 0.0179. The van der Waals surface area contributed by atoms with E-state index in [1.54, 1.807) is 18.3 Å². The number of guanidine groups is 1. The Hall–Kier alpha value is -1.78. The molecule has 1 unspecified atom stereocenters. The number of ether oxygens (including phenoxy) is 1. The lowest BCUT2D eigenvalue weighted by atomic mass is 10.0. The fraction of sp³-hybridized carbons (Fsp3) is 0.400. The summed E-state index contributed by atoms with van der Waals surface area (Å²) in [7, 11) is 0. The minimum Gasteiger partial charge on any atom is -0.379 e. The number of benzene rings is 1. The van der Waals surface area contributed by atoms with Gasteiger partial charge in [0.05, 0.1) is 25.8 Å². The van der Waals surface area contributed by atoms with Gasteiger partial charge in [-0.05, 0) is 29.8 Å². The third-order valence-electron chi connectivity index (χ3n) is 4.57. The molecule has 0 saturated carbocycles. The van der Waals surface area contributed by atoms with Crippen LogP contribution in [0.1, 0.15) is 17.3 Å². The molecule has 1 aromatic carbocycles. The molecular weight excluding hydrogens is 472 g/mol. The molecule has 1 aliphatic heterocycles. The van der Waals surface area contributed by atoms with Crippen molar-refractivity contribution in [1.29, 1.82) is 0 Å². The van der Waals surface area contributed by atoms with Gasteiger partial charge in [0.1, 0.15) is 5.82 Å². The first-order valence-corrected chi connectivity index (χ1v) is 9.23. The van der Waals surface area contributed by atoms with Crippen molar-refractivity contribution in [3.8, 4) is 0 Å². The Morgan fingerprint density at radius 1 is 1.25 bits per heavy atom. The van der Waals surface area contributed by atoms with E-state index in [0.29, 0.717) is 32.3 Å². The van der Waals surface area contributed by atoms with E-state index in [2.05, 4.69) is 20.2 Å². The summed E-state index contributed by atoms with van der Waals surface area (Å²) in [5, 5.41) is 3.12. The Labute approximate surface area is 182 Å². The van der Waals surface area contributed by atoms with Crippen LogP contribution in [0, 0.1) is 5.82 Å². The maximum atomic E-state index is 13.7. The molecule has 6 nitrogen and oxygen atoms in total. The predicted octanol–water partition coefficient (Wildman–Crippen LogP) is 2.36. The molecule has 0 spiro atoms. The maximum absolute atomic E-state index is 13.7. The SMILES string of the molecule is I.NC(=NCC(c1cccc(F)c1)N1CCOCC1)NCCc1ccccn1. The third-order valence-corrected chi connectivity index (χ3v) is 4.57. The van der Waals surface area contributed by atoms with E-state index in [9.17, 15) is 4.39 Å². The van der Waals surface area contributed by atoms with E-state index in [0.717, 1.165) is 30.8 Å². The summed E-state index contributed by atoms with van der Waals surface area (Å²) in [5.41, 5.74) is 7.93. The Morgan fingerprint density at radius 3 is 2.79 bits per heavy atom. The van der Waals surface area contributed by atoms with Crippen molar-refractivity contribution in [1.82, 2.24) is 15.2 Å². The minimum atomic E-state index is -0.240. The van der Waals surface area contributed by atoms with Crippen LogP contribution in [0.4, 0.5) is 4.39 Å². The smallest absolute Gasteiger partial charge is 0.188 e.